The lowest BCUT2D eigenvalue weighted by molar-refractivity contribution is 0.422. The number of rotatable bonds is 5. The number of anilines is 2. The van der Waals surface area contributed by atoms with Gasteiger partial charge in [0.05, 0.1) is 6.20 Å². The van der Waals surface area contributed by atoms with Crippen LogP contribution >= 0.6 is 0 Å². The Morgan fingerprint density at radius 2 is 2.29 bits per heavy atom. The maximum Gasteiger partial charge on any atom is 0.180 e. The summed E-state index contributed by atoms with van der Waals surface area (Å²) in [7, 11) is 0. The number of hydrogen-bond acceptors (Lipinski definition) is 4. The van der Waals surface area contributed by atoms with E-state index in [2.05, 4.69) is 40.4 Å². The van der Waals surface area contributed by atoms with E-state index in [0.29, 0.717) is 0 Å². The van der Waals surface area contributed by atoms with Gasteiger partial charge in [-0.25, -0.2) is 9.97 Å². The fourth-order valence-electron chi connectivity index (χ4n) is 2.99. The number of imidazole rings is 1. The molecule has 1 aliphatic heterocycles. The molecule has 3 heterocycles. The zero-order chi connectivity index (χ0) is 14.8. The summed E-state index contributed by atoms with van der Waals surface area (Å²) in [5.74, 6) is 3.44. The molecular formula is C16H25N5. The minimum atomic E-state index is 0.729. The predicted octanol–water partition coefficient (Wildman–Crippen LogP) is 3.03. The first-order valence-corrected chi connectivity index (χ1v) is 8.01. The van der Waals surface area contributed by atoms with E-state index in [0.717, 1.165) is 55.2 Å². The van der Waals surface area contributed by atoms with Gasteiger partial charge in [0.1, 0.15) is 5.82 Å². The van der Waals surface area contributed by atoms with Gasteiger partial charge in [0.25, 0.3) is 0 Å². The van der Waals surface area contributed by atoms with Gasteiger partial charge >= 0.3 is 0 Å². The lowest BCUT2D eigenvalue weighted by Gasteiger charge is -2.20. The molecule has 1 N–H and O–H groups in total. The molecule has 5 heteroatoms. The van der Waals surface area contributed by atoms with Crippen LogP contribution < -0.4 is 10.2 Å². The first-order valence-electron chi connectivity index (χ1n) is 8.01. The Kier molecular flexibility index (Phi) is 3.99. The van der Waals surface area contributed by atoms with Crippen LogP contribution in [0.4, 0.5) is 11.6 Å². The zero-order valence-corrected chi connectivity index (χ0v) is 13.2. The highest BCUT2D eigenvalue weighted by atomic mass is 15.3. The van der Waals surface area contributed by atoms with Gasteiger partial charge in [0.15, 0.2) is 11.5 Å². The lowest BCUT2D eigenvalue weighted by Crippen LogP contribution is -2.23. The molecule has 1 aliphatic rings. The minimum absolute atomic E-state index is 0.729. The topological polar surface area (TPSA) is 45.5 Å². The summed E-state index contributed by atoms with van der Waals surface area (Å²) in [6.07, 6.45) is 8.21. The number of nitrogens with zero attached hydrogens (tertiary/aromatic N) is 4. The zero-order valence-electron chi connectivity index (χ0n) is 13.2. The highest BCUT2D eigenvalue weighted by Crippen LogP contribution is 2.30. The van der Waals surface area contributed by atoms with Crippen LogP contribution in [0, 0.1) is 11.8 Å². The molecular weight excluding hydrogens is 262 g/mol. The largest absolute Gasteiger partial charge is 0.369 e. The molecule has 0 radical (unpaired) electrons. The smallest absolute Gasteiger partial charge is 0.180 e. The van der Waals surface area contributed by atoms with Crippen molar-refractivity contribution < 1.29 is 0 Å². The molecule has 0 spiro atoms. The summed E-state index contributed by atoms with van der Waals surface area (Å²) in [5.41, 5.74) is 0.960. The average molecular weight is 287 g/mol. The van der Waals surface area contributed by atoms with E-state index in [-0.39, 0.29) is 0 Å². The van der Waals surface area contributed by atoms with E-state index < -0.39 is 0 Å². The number of hydrogen-bond donors (Lipinski definition) is 1. The van der Waals surface area contributed by atoms with Gasteiger partial charge in [-0.2, -0.15) is 0 Å². The monoisotopic (exact) mass is 287 g/mol. The molecule has 2 aromatic heterocycles. The van der Waals surface area contributed by atoms with Crippen molar-refractivity contribution in [3.8, 4) is 0 Å². The fourth-order valence-corrected chi connectivity index (χ4v) is 2.99. The van der Waals surface area contributed by atoms with Crippen molar-refractivity contribution in [2.24, 2.45) is 11.8 Å². The Bertz CT molecular complexity index is 604. The molecule has 21 heavy (non-hydrogen) atoms. The number of aromatic nitrogens is 3. The fraction of sp³-hybridized carbons (Fsp3) is 0.625. The molecule has 1 atom stereocenters. The van der Waals surface area contributed by atoms with E-state index in [1.807, 2.05) is 18.6 Å². The Hall–Kier alpha value is -1.78. The highest BCUT2D eigenvalue weighted by molar-refractivity contribution is 5.67. The van der Waals surface area contributed by atoms with Crippen molar-refractivity contribution in [2.75, 3.05) is 29.9 Å². The van der Waals surface area contributed by atoms with Gasteiger partial charge in [-0.15, -0.1) is 0 Å². The van der Waals surface area contributed by atoms with Crippen molar-refractivity contribution in [3.05, 3.63) is 18.6 Å². The van der Waals surface area contributed by atoms with E-state index in [4.69, 9.17) is 4.98 Å². The quantitative estimate of drug-likeness (QED) is 0.918. The van der Waals surface area contributed by atoms with Gasteiger partial charge < -0.3 is 14.6 Å². The van der Waals surface area contributed by atoms with Crippen LogP contribution in [0.3, 0.4) is 0 Å². The molecule has 2 aromatic rings. The first kappa shape index (κ1) is 14.2. The Morgan fingerprint density at radius 3 is 3.00 bits per heavy atom. The normalized spacial score (nSPS) is 18.9. The van der Waals surface area contributed by atoms with Gasteiger partial charge in [-0.05, 0) is 24.7 Å². The summed E-state index contributed by atoms with van der Waals surface area (Å²) >= 11 is 0. The average Bonchev–Trinajstić information content (AvgIpc) is 3.12. The Labute approximate surface area is 126 Å². The van der Waals surface area contributed by atoms with Crippen molar-refractivity contribution in [1.82, 2.24) is 14.4 Å². The number of fused-ring (bicyclic) bond motifs is 1. The first-order chi connectivity index (χ1) is 10.2. The molecule has 3 rings (SSSR count). The lowest BCUT2D eigenvalue weighted by atomic mass is 9.95. The molecule has 0 aromatic carbocycles. The summed E-state index contributed by atoms with van der Waals surface area (Å²) in [5, 5.41) is 3.39. The van der Waals surface area contributed by atoms with Crippen LogP contribution in [0.5, 0.6) is 0 Å². The maximum atomic E-state index is 4.82. The van der Waals surface area contributed by atoms with Crippen LogP contribution in [0.1, 0.15) is 33.6 Å². The van der Waals surface area contributed by atoms with E-state index >= 15 is 0 Å². The van der Waals surface area contributed by atoms with Crippen LogP contribution in [-0.4, -0.2) is 34.0 Å². The third-order valence-corrected chi connectivity index (χ3v) is 4.38. The maximum absolute atomic E-state index is 4.82. The van der Waals surface area contributed by atoms with E-state index in [9.17, 15) is 0 Å². The standard InChI is InChI=1S/C16H25N5/c1-4-6-17-14-11-21-9-7-18-15(21)16(19-14)20-8-5-13(10-20)12(2)3/h7,9,11-13,17H,4-6,8,10H2,1-3H3. The Balaban J connectivity index is 1.91. The molecule has 0 bridgehead atoms. The summed E-state index contributed by atoms with van der Waals surface area (Å²) in [6.45, 7) is 9.90. The van der Waals surface area contributed by atoms with Gasteiger partial charge in [0.2, 0.25) is 0 Å². The molecule has 114 valence electrons. The second-order valence-electron chi connectivity index (χ2n) is 6.27. The van der Waals surface area contributed by atoms with Crippen molar-refractivity contribution in [1.29, 1.82) is 0 Å². The van der Waals surface area contributed by atoms with Crippen LogP contribution in [0.15, 0.2) is 18.6 Å². The third kappa shape index (κ3) is 2.82. The number of nitrogens with one attached hydrogen (secondary N) is 1. The SMILES string of the molecule is CCCNc1cn2ccnc2c(N2CCC(C(C)C)C2)n1. The van der Waals surface area contributed by atoms with Crippen LogP contribution in [0.2, 0.25) is 0 Å². The van der Waals surface area contributed by atoms with E-state index in [1.165, 1.54) is 6.42 Å². The summed E-state index contributed by atoms with van der Waals surface area (Å²) in [4.78, 5) is 11.7. The summed E-state index contributed by atoms with van der Waals surface area (Å²) in [6, 6.07) is 0. The molecule has 1 unspecified atom stereocenters. The Morgan fingerprint density at radius 1 is 1.43 bits per heavy atom. The van der Waals surface area contributed by atoms with Crippen molar-refractivity contribution in [3.63, 3.8) is 0 Å². The third-order valence-electron chi connectivity index (χ3n) is 4.38. The van der Waals surface area contributed by atoms with Gasteiger partial charge in [-0.3, -0.25) is 0 Å². The minimum Gasteiger partial charge on any atom is -0.369 e. The van der Waals surface area contributed by atoms with Crippen molar-refractivity contribution in [2.45, 2.75) is 33.6 Å². The second-order valence-corrected chi connectivity index (χ2v) is 6.27. The van der Waals surface area contributed by atoms with Gasteiger partial charge in [0, 0.05) is 32.0 Å². The van der Waals surface area contributed by atoms with Crippen LogP contribution in [0.25, 0.3) is 5.65 Å². The molecule has 5 nitrogen and oxygen atoms in total. The second kappa shape index (κ2) is 5.92. The predicted molar refractivity (Wildman–Crippen MR) is 86.9 cm³/mol. The molecule has 0 saturated carbocycles. The van der Waals surface area contributed by atoms with Crippen LogP contribution in [-0.2, 0) is 0 Å². The molecule has 0 amide bonds. The summed E-state index contributed by atoms with van der Waals surface area (Å²) < 4.78 is 2.07. The van der Waals surface area contributed by atoms with Gasteiger partial charge in [-0.1, -0.05) is 20.8 Å². The highest BCUT2D eigenvalue weighted by Gasteiger charge is 2.27. The molecule has 0 aliphatic carbocycles. The molecule has 1 fully saturated rings. The molecule has 1 saturated heterocycles. The van der Waals surface area contributed by atoms with E-state index in [1.54, 1.807) is 0 Å². The van der Waals surface area contributed by atoms with Crippen molar-refractivity contribution >= 4 is 17.3 Å².